The number of hydrogen-bond acceptors (Lipinski definition) is 4. The van der Waals surface area contributed by atoms with Gasteiger partial charge in [0.1, 0.15) is 0 Å². The van der Waals surface area contributed by atoms with Crippen LogP contribution >= 0.6 is 11.8 Å². The first-order valence-corrected chi connectivity index (χ1v) is 6.81. The SMILES string of the molecule is COCC(C)(CCO)NC1CCCSC1. The third kappa shape index (κ3) is 4.72. The Hall–Kier alpha value is 0.230. The summed E-state index contributed by atoms with van der Waals surface area (Å²) in [6.45, 7) is 3.01. The van der Waals surface area contributed by atoms with E-state index >= 15 is 0 Å². The Labute approximate surface area is 97.0 Å². The summed E-state index contributed by atoms with van der Waals surface area (Å²) in [6, 6.07) is 0.579. The molecule has 0 radical (unpaired) electrons. The van der Waals surface area contributed by atoms with Gasteiger partial charge < -0.3 is 15.2 Å². The van der Waals surface area contributed by atoms with Crippen LogP contribution in [0, 0.1) is 0 Å². The van der Waals surface area contributed by atoms with Gasteiger partial charge in [-0.3, -0.25) is 0 Å². The van der Waals surface area contributed by atoms with E-state index in [9.17, 15) is 0 Å². The van der Waals surface area contributed by atoms with Gasteiger partial charge in [-0.05, 0) is 31.9 Å². The minimum Gasteiger partial charge on any atom is -0.396 e. The molecule has 2 atom stereocenters. The second-order valence-corrected chi connectivity index (χ2v) is 5.68. The minimum atomic E-state index is -0.0773. The van der Waals surface area contributed by atoms with Crippen LogP contribution in [0.3, 0.4) is 0 Å². The Morgan fingerprint density at radius 3 is 2.93 bits per heavy atom. The van der Waals surface area contributed by atoms with E-state index in [-0.39, 0.29) is 12.1 Å². The Balaban J connectivity index is 2.40. The second-order valence-electron chi connectivity index (χ2n) is 4.53. The van der Waals surface area contributed by atoms with Crippen LogP contribution in [0.25, 0.3) is 0 Å². The Morgan fingerprint density at radius 2 is 2.40 bits per heavy atom. The van der Waals surface area contributed by atoms with Crippen molar-refractivity contribution in [2.75, 3.05) is 31.8 Å². The molecule has 3 nitrogen and oxygen atoms in total. The highest BCUT2D eigenvalue weighted by Gasteiger charge is 2.27. The third-order valence-corrected chi connectivity index (χ3v) is 4.05. The molecular formula is C11H23NO2S. The first-order valence-electron chi connectivity index (χ1n) is 5.65. The van der Waals surface area contributed by atoms with Crippen molar-refractivity contribution >= 4 is 11.8 Å². The number of thioether (sulfide) groups is 1. The molecule has 1 fully saturated rings. The minimum absolute atomic E-state index is 0.0773. The largest absolute Gasteiger partial charge is 0.396 e. The van der Waals surface area contributed by atoms with Crippen molar-refractivity contribution in [3.63, 3.8) is 0 Å². The van der Waals surface area contributed by atoms with Gasteiger partial charge in [-0.1, -0.05) is 0 Å². The molecule has 0 aromatic heterocycles. The van der Waals surface area contributed by atoms with Gasteiger partial charge in [0.25, 0.3) is 0 Å². The molecule has 1 aliphatic rings. The Morgan fingerprint density at radius 1 is 1.60 bits per heavy atom. The van der Waals surface area contributed by atoms with Crippen molar-refractivity contribution in [3.05, 3.63) is 0 Å². The summed E-state index contributed by atoms with van der Waals surface area (Å²) >= 11 is 2.01. The maximum Gasteiger partial charge on any atom is 0.0642 e. The fraction of sp³-hybridized carbons (Fsp3) is 1.00. The molecule has 0 amide bonds. The highest BCUT2D eigenvalue weighted by atomic mass is 32.2. The second kappa shape index (κ2) is 6.74. The number of aliphatic hydroxyl groups is 1. The molecule has 15 heavy (non-hydrogen) atoms. The predicted octanol–water partition coefficient (Wildman–Crippen LogP) is 1.26. The van der Waals surface area contributed by atoms with Gasteiger partial charge in [-0.2, -0.15) is 11.8 Å². The van der Waals surface area contributed by atoms with E-state index in [4.69, 9.17) is 9.84 Å². The summed E-state index contributed by atoms with van der Waals surface area (Å²) < 4.78 is 5.22. The summed E-state index contributed by atoms with van der Waals surface area (Å²) in [5.41, 5.74) is -0.0773. The van der Waals surface area contributed by atoms with Gasteiger partial charge in [0.15, 0.2) is 0 Å². The fourth-order valence-electron chi connectivity index (χ4n) is 2.10. The molecule has 0 aromatic rings. The van der Waals surface area contributed by atoms with E-state index in [1.165, 1.54) is 24.3 Å². The molecule has 1 saturated heterocycles. The number of nitrogens with one attached hydrogen (secondary N) is 1. The average Bonchev–Trinajstić information content (AvgIpc) is 2.19. The molecule has 0 spiro atoms. The van der Waals surface area contributed by atoms with E-state index in [0.717, 1.165) is 6.42 Å². The number of methoxy groups -OCH3 is 1. The standard InChI is InChI=1S/C11H23NO2S/c1-11(5-6-13,9-14-2)12-10-4-3-7-15-8-10/h10,12-13H,3-9H2,1-2H3. The van der Waals surface area contributed by atoms with Gasteiger partial charge in [-0.25, -0.2) is 0 Å². The van der Waals surface area contributed by atoms with Crippen molar-refractivity contribution in [1.82, 2.24) is 5.32 Å². The summed E-state index contributed by atoms with van der Waals surface area (Å²) in [5.74, 6) is 2.48. The van der Waals surface area contributed by atoms with E-state index in [0.29, 0.717) is 12.6 Å². The quantitative estimate of drug-likeness (QED) is 0.725. The molecule has 0 saturated carbocycles. The zero-order chi connectivity index (χ0) is 11.1. The van der Waals surface area contributed by atoms with Crippen LogP contribution in [0.15, 0.2) is 0 Å². The first-order chi connectivity index (χ1) is 7.20. The molecular weight excluding hydrogens is 210 g/mol. The van der Waals surface area contributed by atoms with Gasteiger partial charge >= 0.3 is 0 Å². The molecule has 4 heteroatoms. The highest BCUT2D eigenvalue weighted by Crippen LogP contribution is 2.20. The van der Waals surface area contributed by atoms with E-state index in [1.807, 2.05) is 11.8 Å². The number of aliphatic hydroxyl groups excluding tert-OH is 1. The predicted molar refractivity (Wildman–Crippen MR) is 65.5 cm³/mol. The summed E-state index contributed by atoms with van der Waals surface area (Å²) in [6.07, 6.45) is 3.30. The maximum absolute atomic E-state index is 9.06. The van der Waals surface area contributed by atoms with Crippen LogP contribution in [0.5, 0.6) is 0 Å². The molecule has 0 aliphatic carbocycles. The molecule has 90 valence electrons. The van der Waals surface area contributed by atoms with Crippen LogP contribution in [0.4, 0.5) is 0 Å². The Bertz CT molecular complexity index is 166. The first kappa shape index (κ1) is 13.3. The van der Waals surface area contributed by atoms with Crippen molar-refractivity contribution < 1.29 is 9.84 Å². The van der Waals surface area contributed by atoms with Crippen molar-refractivity contribution in [2.24, 2.45) is 0 Å². The maximum atomic E-state index is 9.06. The van der Waals surface area contributed by atoms with Gasteiger partial charge in [0, 0.05) is 31.1 Å². The van der Waals surface area contributed by atoms with E-state index in [1.54, 1.807) is 7.11 Å². The lowest BCUT2D eigenvalue weighted by Crippen LogP contribution is -2.53. The molecule has 2 unspecified atom stereocenters. The molecule has 1 aliphatic heterocycles. The van der Waals surface area contributed by atoms with Crippen LogP contribution in [-0.4, -0.2) is 48.5 Å². The molecule has 0 bridgehead atoms. The zero-order valence-electron chi connectivity index (χ0n) is 9.79. The third-order valence-electron chi connectivity index (χ3n) is 2.84. The molecule has 1 rings (SSSR count). The summed E-state index contributed by atoms with van der Waals surface area (Å²) in [5, 5.41) is 12.7. The number of hydrogen-bond donors (Lipinski definition) is 2. The number of rotatable bonds is 6. The monoisotopic (exact) mass is 233 g/mol. The van der Waals surface area contributed by atoms with Crippen molar-refractivity contribution in [1.29, 1.82) is 0 Å². The van der Waals surface area contributed by atoms with Crippen LogP contribution < -0.4 is 5.32 Å². The van der Waals surface area contributed by atoms with Crippen molar-refractivity contribution in [2.45, 2.75) is 37.8 Å². The lowest BCUT2D eigenvalue weighted by molar-refractivity contribution is 0.0906. The molecule has 1 heterocycles. The molecule has 0 aromatic carbocycles. The summed E-state index contributed by atoms with van der Waals surface area (Å²) in [7, 11) is 1.72. The Kier molecular flexibility index (Phi) is 5.97. The topological polar surface area (TPSA) is 41.5 Å². The van der Waals surface area contributed by atoms with E-state index < -0.39 is 0 Å². The number of ether oxygens (including phenoxy) is 1. The van der Waals surface area contributed by atoms with Crippen LogP contribution in [0.2, 0.25) is 0 Å². The molecule has 2 N–H and O–H groups in total. The lowest BCUT2D eigenvalue weighted by Gasteiger charge is -2.35. The van der Waals surface area contributed by atoms with Crippen LogP contribution in [0.1, 0.15) is 26.2 Å². The zero-order valence-corrected chi connectivity index (χ0v) is 10.6. The van der Waals surface area contributed by atoms with Gasteiger partial charge in [-0.15, -0.1) is 0 Å². The smallest absolute Gasteiger partial charge is 0.0642 e. The van der Waals surface area contributed by atoms with Crippen molar-refractivity contribution in [3.8, 4) is 0 Å². The lowest BCUT2D eigenvalue weighted by atomic mass is 9.97. The van der Waals surface area contributed by atoms with Crippen LogP contribution in [-0.2, 0) is 4.74 Å². The van der Waals surface area contributed by atoms with Gasteiger partial charge in [0.2, 0.25) is 0 Å². The average molecular weight is 233 g/mol. The van der Waals surface area contributed by atoms with Gasteiger partial charge in [0.05, 0.1) is 6.61 Å². The summed E-state index contributed by atoms with van der Waals surface area (Å²) in [4.78, 5) is 0. The fourth-order valence-corrected chi connectivity index (χ4v) is 3.17. The normalized spacial score (nSPS) is 26.2. The van der Waals surface area contributed by atoms with E-state index in [2.05, 4.69) is 12.2 Å². The highest BCUT2D eigenvalue weighted by molar-refractivity contribution is 7.99.